The summed E-state index contributed by atoms with van der Waals surface area (Å²) in [6, 6.07) is 6.06. The summed E-state index contributed by atoms with van der Waals surface area (Å²) in [6.45, 7) is 5.31. The molecule has 2 aromatic rings. The molecule has 5 heteroatoms. The fourth-order valence-corrected chi connectivity index (χ4v) is 1.95. The highest BCUT2D eigenvalue weighted by molar-refractivity contribution is 5.90. The van der Waals surface area contributed by atoms with Gasteiger partial charge in [0.2, 0.25) is 0 Å². The number of nitrogens with one attached hydrogen (secondary N) is 1. The molecule has 2 rings (SSSR count). The number of carboxylic acids is 1. The van der Waals surface area contributed by atoms with Gasteiger partial charge in [0.15, 0.2) is 11.6 Å². The van der Waals surface area contributed by atoms with E-state index in [2.05, 4.69) is 4.98 Å². The number of H-pyrrole nitrogens is 1. The zero-order valence-corrected chi connectivity index (χ0v) is 11.5. The monoisotopic (exact) mass is 277 g/mol. The highest BCUT2D eigenvalue weighted by atomic mass is 19.1. The molecule has 2 N–H and O–H groups in total. The molecule has 106 valence electrons. The van der Waals surface area contributed by atoms with Gasteiger partial charge in [-0.2, -0.15) is 0 Å². The van der Waals surface area contributed by atoms with Crippen LogP contribution in [0.3, 0.4) is 0 Å². The number of aromatic carboxylic acids is 1. The third-order valence-corrected chi connectivity index (χ3v) is 2.85. The Bertz CT molecular complexity index is 647. The molecule has 0 saturated carbocycles. The van der Waals surface area contributed by atoms with E-state index in [-0.39, 0.29) is 17.4 Å². The van der Waals surface area contributed by atoms with Crippen molar-refractivity contribution in [2.24, 2.45) is 0 Å². The number of carboxylic acid groups (broad SMARTS) is 1. The van der Waals surface area contributed by atoms with Crippen molar-refractivity contribution in [1.82, 2.24) is 4.98 Å². The second kappa shape index (κ2) is 5.36. The number of aryl methyl sites for hydroxylation is 1. The lowest BCUT2D eigenvalue weighted by Crippen LogP contribution is -2.06. The molecular weight excluding hydrogens is 261 g/mol. The number of hydrogen-bond acceptors (Lipinski definition) is 2. The van der Waals surface area contributed by atoms with Gasteiger partial charge in [-0.25, -0.2) is 9.18 Å². The number of hydrogen-bond donors (Lipinski definition) is 2. The van der Waals surface area contributed by atoms with Crippen molar-refractivity contribution in [2.45, 2.75) is 26.9 Å². The predicted molar refractivity (Wildman–Crippen MR) is 73.6 cm³/mol. The number of aromatic amines is 1. The SMILES string of the molecule is Cc1[nH]c(-c2ccc(OC(C)C)c(F)c2)cc1C(=O)O. The zero-order valence-electron chi connectivity index (χ0n) is 11.5. The maximum absolute atomic E-state index is 13.9. The first-order chi connectivity index (χ1) is 9.38. The van der Waals surface area contributed by atoms with Crippen molar-refractivity contribution in [3.63, 3.8) is 0 Å². The summed E-state index contributed by atoms with van der Waals surface area (Å²) < 4.78 is 19.2. The Morgan fingerprint density at radius 2 is 2.05 bits per heavy atom. The lowest BCUT2D eigenvalue weighted by atomic mass is 10.1. The van der Waals surface area contributed by atoms with Gasteiger partial charge in [-0.3, -0.25) is 0 Å². The van der Waals surface area contributed by atoms with Crippen LogP contribution in [0.2, 0.25) is 0 Å². The Kier molecular flexibility index (Phi) is 3.79. The molecule has 0 spiro atoms. The second-order valence-electron chi connectivity index (χ2n) is 4.84. The Morgan fingerprint density at radius 3 is 2.55 bits per heavy atom. The largest absolute Gasteiger partial charge is 0.488 e. The molecule has 0 amide bonds. The first kappa shape index (κ1) is 14.1. The lowest BCUT2D eigenvalue weighted by Gasteiger charge is -2.11. The maximum Gasteiger partial charge on any atom is 0.337 e. The van der Waals surface area contributed by atoms with E-state index in [1.807, 2.05) is 13.8 Å². The molecule has 1 heterocycles. The standard InChI is InChI=1S/C15H16FNO3/c1-8(2)20-14-5-4-10(6-12(14)16)13-7-11(15(18)19)9(3)17-13/h4-8,17H,1-3H3,(H,18,19). The third-order valence-electron chi connectivity index (χ3n) is 2.85. The van der Waals surface area contributed by atoms with Crippen molar-refractivity contribution in [3.05, 3.63) is 41.3 Å². The zero-order chi connectivity index (χ0) is 14.9. The fraction of sp³-hybridized carbons (Fsp3) is 0.267. The van der Waals surface area contributed by atoms with E-state index in [1.165, 1.54) is 12.1 Å². The number of ether oxygens (including phenoxy) is 1. The van der Waals surface area contributed by atoms with Crippen LogP contribution < -0.4 is 4.74 Å². The summed E-state index contributed by atoms with van der Waals surface area (Å²) in [5.74, 6) is -1.30. The average Bonchev–Trinajstić information content (AvgIpc) is 2.73. The van der Waals surface area contributed by atoms with Gasteiger partial charge in [-0.1, -0.05) is 0 Å². The van der Waals surface area contributed by atoms with Crippen molar-refractivity contribution < 1.29 is 19.0 Å². The minimum Gasteiger partial charge on any atom is -0.488 e. The van der Waals surface area contributed by atoms with Crippen LogP contribution in [-0.4, -0.2) is 22.2 Å². The van der Waals surface area contributed by atoms with Gasteiger partial charge in [0.05, 0.1) is 11.7 Å². The summed E-state index contributed by atoms with van der Waals surface area (Å²) in [7, 11) is 0. The number of benzene rings is 1. The van der Waals surface area contributed by atoms with Crippen molar-refractivity contribution >= 4 is 5.97 Å². The molecule has 0 fully saturated rings. The van der Waals surface area contributed by atoms with Crippen LogP contribution in [0.5, 0.6) is 5.75 Å². The first-order valence-electron chi connectivity index (χ1n) is 6.28. The molecule has 20 heavy (non-hydrogen) atoms. The van der Waals surface area contributed by atoms with Gasteiger partial charge in [-0.05, 0) is 45.0 Å². The molecule has 0 aliphatic rings. The van der Waals surface area contributed by atoms with Crippen LogP contribution in [-0.2, 0) is 0 Å². The number of rotatable bonds is 4. The summed E-state index contributed by atoms with van der Waals surface area (Å²) in [6.07, 6.45) is -0.110. The van der Waals surface area contributed by atoms with Gasteiger partial charge in [0.25, 0.3) is 0 Å². The minimum absolute atomic E-state index is 0.110. The Hall–Kier alpha value is -2.30. The first-order valence-corrected chi connectivity index (χ1v) is 6.28. The molecule has 0 aliphatic carbocycles. The minimum atomic E-state index is -1.01. The van der Waals surface area contributed by atoms with Crippen molar-refractivity contribution in [2.75, 3.05) is 0 Å². The van der Waals surface area contributed by atoms with Crippen LogP contribution >= 0.6 is 0 Å². The summed E-state index contributed by atoms with van der Waals surface area (Å²) in [5.41, 5.74) is 1.86. The maximum atomic E-state index is 13.9. The Labute approximate surface area is 116 Å². The molecule has 1 aromatic carbocycles. The summed E-state index contributed by atoms with van der Waals surface area (Å²) >= 11 is 0. The normalized spacial score (nSPS) is 10.8. The predicted octanol–water partition coefficient (Wildman–Crippen LogP) is 3.61. The van der Waals surface area contributed by atoms with E-state index in [0.29, 0.717) is 17.0 Å². The molecule has 0 bridgehead atoms. The van der Waals surface area contributed by atoms with Crippen LogP contribution in [0.15, 0.2) is 24.3 Å². The molecule has 0 saturated heterocycles. The average molecular weight is 277 g/mol. The van der Waals surface area contributed by atoms with Crippen LogP contribution in [0, 0.1) is 12.7 Å². The highest BCUT2D eigenvalue weighted by Crippen LogP contribution is 2.27. The Morgan fingerprint density at radius 1 is 1.35 bits per heavy atom. The van der Waals surface area contributed by atoms with Crippen LogP contribution in [0.25, 0.3) is 11.3 Å². The number of carbonyl (C=O) groups is 1. The van der Waals surface area contributed by atoms with Gasteiger partial charge < -0.3 is 14.8 Å². The fourth-order valence-electron chi connectivity index (χ4n) is 1.95. The van der Waals surface area contributed by atoms with Gasteiger partial charge in [-0.15, -0.1) is 0 Å². The van der Waals surface area contributed by atoms with E-state index in [4.69, 9.17) is 9.84 Å². The van der Waals surface area contributed by atoms with Crippen molar-refractivity contribution in [3.8, 4) is 17.0 Å². The Balaban J connectivity index is 2.36. The second-order valence-corrected chi connectivity index (χ2v) is 4.84. The van der Waals surface area contributed by atoms with E-state index in [9.17, 15) is 9.18 Å². The van der Waals surface area contributed by atoms with E-state index in [1.54, 1.807) is 19.1 Å². The summed E-state index contributed by atoms with van der Waals surface area (Å²) in [4.78, 5) is 13.9. The van der Waals surface area contributed by atoms with E-state index in [0.717, 1.165) is 0 Å². The molecule has 4 nitrogen and oxygen atoms in total. The molecular formula is C15H16FNO3. The quantitative estimate of drug-likeness (QED) is 0.897. The molecule has 1 aromatic heterocycles. The lowest BCUT2D eigenvalue weighted by molar-refractivity contribution is 0.0696. The van der Waals surface area contributed by atoms with Crippen molar-refractivity contribution in [1.29, 1.82) is 0 Å². The topological polar surface area (TPSA) is 62.3 Å². The van der Waals surface area contributed by atoms with E-state index >= 15 is 0 Å². The molecule has 0 aliphatic heterocycles. The van der Waals surface area contributed by atoms with Gasteiger partial charge in [0.1, 0.15) is 0 Å². The smallest absolute Gasteiger partial charge is 0.337 e. The number of halogens is 1. The van der Waals surface area contributed by atoms with Crippen LogP contribution in [0.1, 0.15) is 29.9 Å². The molecule has 0 radical (unpaired) electrons. The van der Waals surface area contributed by atoms with E-state index < -0.39 is 11.8 Å². The highest BCUT2D eigenvalue weighted by Gasteiger charge is 2.14. The molecule has 0 unspecified atom stereocenters. The third kappa shape index (κ3) is 2.82. The van der Waals surface area contributed by atoms with Gasteiger partial charge >= 0.3 is 5.97 Å². The van der Waals surface area contributed by atoms with Crippen LogP contribution in [0.4, 0.5) is 4.39 Å². The summed E-state index contributed by atoms with van der Waals surface area (Å²) in [5, 5.41) is 9.01. The van der Waals surface area contributed by atoms with Gasteiger partial charge in [0, 0.05) is 17.0 Å². The molecule has 0 atom stereocenters. The number of aromatic nitrogens is 1.